The summed E-state index contributed by atoms with van der Waals surface area (Å²) in [7, 11) is 0. The number of imidazole rings is 1. The molecule has 0 unspecified atom stereocenters. The molecule has 0 amide bonds. The molecule has 35 heavy (non-hydrogen) atoms. The quantitative estimate of drug-likeness (QED) is 0.415. The van der Waals surface area contributed by atoms with E-state index < -0.39 is 0 Å². The van der Waals surface area contributed by atoms with E-state index in [1.807, 2.05) is 18.2 Å². The highest BCUT2D eigenvalue weighted by atomic mass is 19.1. The fourth-order valence-corrected chi connectivity index (χ4v) is 4.89. The van der Waals surface area contributed by atoms with Gasteiger partial charge in [0.05, 0.1) is 11.0 Å². The average Bonchev–Trinajstić information content (AvgIpc) is 3.17. The second-order valence-corrected chi connectivity index (χ2v) is 9.32. The van der Waals surface area contributed by atoms with Gasteiger partial charge in [0.1, 0.15) is 23.1 Å². The molecule has 184 valence electrons. The third-order valence-electron chi connectivity index (χ3n) is 6.90. The molecular formula is C28H32FN3O3. The summed E-state index contributed by atoms with van der Waals surface area (Å²) in [6, 6.07) is 19.4. The average molecular weight is 478 g/mol. The van der Waals surface area contributed by atoms with E-state index in [2.05, 4.69) is 9.47 Å². The summed E-state index contributed by atoms with van der Waals surface area (Å²) < 4.78 is 15.6. The maximum atomic E-state index is 13.4. The Morgan fingerprint density at radius 2 is 1.51 bits per heavy atom. The van der Waals surface area contributed by atoms with Gasteiger partial charge in [0.2, 0.25) is 0 Å². The van der Waals surface area contributed by atoms with Crippen LogP contribution >= 0.6 is 0 Å². The van der Waals surface area contributed by atoms with E-state index >= 15 is 0 Å². The Bertz CT molecular complexity index is 1250. The van der Waals surface area contributed by atoms with Crippen molar-refractivity contribution in [2.45, 2.75) is 32.2 Å². The Kier molecular flexibility index (Phi) is 7.68. The molecule has 0 aliphatic carbocycles. The predicted molar refractivity (Wildman–Crippen MR) is 135 cm³/mol. The number of nitrogens with zero attached hydrogens (tertiary/aromatic N) is 3. The Balaban J connectivity index is 0.00000289. The maximum absolute atomic E-state index is 13.4. The summed E-state index contributed by atoms with van der Waals surface area (Å²) >= 11 is 0. The molecule has 5 rings (SSSR count). The molecule has 7 heteroatoms. The van der Waals surface area contributed by atoms with Crippen molar-refractivity contribution >= 4 is 11.0 Å². The number of hydrogen-bond acceptors (Lipinski definition) is 4. The molecule has 4 N–H and O–H groups in total. The number of fused-ring (bicyclic) bond motifs is 1. The van der Waals surface area contributed by atoms with Gasteiger partial charge in [-0.05, 0) is 85.8 Å². The fraction of sp³-hybridized carbons (Fsp3) is 0.321. The second-order valence-electron chi connectivity index (χ2n) is 9.32. The van der Waals surface area contributed by atoms with E-state index in [0.717, 1.165) is 67.7 Å². The number of hydrogen-bond donors (Lipinski definition) is 2. The van der Waals surface area contributed by atoms with Gasteiger partial charge in [-0.25, -0.2) is 9.37 Å². The van der Waals surface area contributed by atoms with Crippen molar-refractivity contribution in [1.82, 2.24) is 14.5 Å². The van der Waals surface area contributed by atoms with E-state index in [-0.39, 0.29) is 17.0 Å². The van der Waals surface area contributed by atoms with Crippen LogP contribution in [0.4, 0.5) is 4.39 Å². The van der Waals surface area contributed by atoms with Crippen LogP contribution in [0.25, 0.3) is 11.0 Å². The maximum Gasteiger partial charge on any atom is 0.123 e. The summed E-state index contributed by atoms with van der Waals surface area (Å²) in [6.45, 7) is 3.77. The number of phenols is 2. The first kappa shape index (κ1) is 24.7. The Morgan fingerprint density at radius 1 is 0.857 bits per heavy atom. The van der Waals surface area contributed by atoms with Crippen molar-refractivity contribution in [3.05, 3.63) is 89.5 Å². The molecule has 2 heterocycles. The normalized spacial score (nSPS) is 14.8. The van der Waals surface area contributed by atoms with E-state index in [1.54, 1.807) is 36.4 Å². The third kappa shape index (κ3) is 5.99. The highest BCUT2D eigenvalue weighted by Gasteiger charge is 2.22. The SMILES string of the molecule is O.Oc1ccc(CCN2CCC(Cc3nc4ccc(O)cc4n3Cc3ccc(F)cc3)CC2)cc1. The van der Waals surface area contributed by atoms with Crippen molar-refractivity contribution in [2.24, 2.45) is 5.92 Å². The summed E-state index contributed by atoms with van der Waals surface area (Å²) in [5, 5.41) is 19.5. The lowest BCUT2D eigenvalue weighted by Crippen LogP contribution is -2.36. The number of phenolic OH excluding ortho intramolecular Hbond substituents is 2. The molecule has 0 radical (unpaired) electrons. The van der Waals surface area contributed by atoms with Gasteiger partial charge in [0.25, 0.3) is 0 Å². The molecule has 1 fully saturated rings. The zero-order chi connectivity index (χ0) is 23.5. The molecule has 1 aliphatic heterocycles. The summed E-state index contributed by atoms with van der Waals surface area (Å²) in [4.78, 5) is 7.42. The number of halogens is 1. The number of benzene rings is 3. The van der Waals surface area contributed by atoms with Crippen molar-refractivity contribution in [2.75, 3.05) is 19.6 Å². The van der Waals surface area contributed by atoms with Gasteiger partial charge in [-0.1, -0.05) is 24.3 Å². The fourth-order valence-electron chi connectivity index (χ4n) is 4.89. The van der Waals surface area contributed by atoms with E-state index in [9.17, 15) is 14.6 Å². The minimum atomic E-state index is -0.241. The van der Waals surface area contributed by atoms with Crippen LogP contribution < -0.4 is 0 Å². The van der Waals surface area contributed by atoms with Crippen LogP contribution in [0.3, 0.4) is 0 Å². The standard InChI is InChI=1S/C28H30FN3O2.H2O/c29-23-5-1-22(2-6-23)19-32-27-18-25(34)9-10-26(27)30-28(32)17-21-12-15-31(16-13-21)14-11-20-3-7-24(33)8-4-20;/h1-10,18,21,33-34H,11-17,19H2;1H2. The van der Waals surface area contributed by atoms with Crippen molar-refractivity contribution < 1.29 is 20.1 Å². The van der Waals surface area contributed by atoms with Gasteiger partial charge >= 0.3 is 0 Å². The van der Waals surface area contributed by atoms with Gasteiger partial charge in [0, 0.05) is 25.6 Å². The Morgan fingerprint density at radius 3 is 2.23 bits per heavy atom. The molecular weight excluding hydrogens is 445 g/mol. The third-order valence-corrected chi connectivity index (χ3v) is 6.90. The molecule has 0 atom stereocenters. The lowest BCUT2D eigenvalue weighted by atomic mass is 9.93. The lowest BCUT2D eigenvalue weighted by Gasteiger charge is -2.32. The highest BCUT2D eigenvalue weighted by molar-refractivity contribution is 5.78. The molecule has 1 saturated heterocycles. The number of aromatic nitrogens is 2. The number of likely N-dealkylation sites (tertiary alicyclic amines) is 1. The van der Waals surface area contributed by atoms with Gasteiger partial charge in [-0.15, -0.1) is 0 Å². The highest BCUT2D eigenvalue weighted by Crippen LogP contribution is 2.27. The second kappa shape index (κ2) is 10.9. The van der Waals surface area contributed by atoms with Gasteiger partial charge in [-0.2, -0.15) is 0 Å². The van der Waals surface area contributed by atoms with E-state index in [0.29, 0.717) is 18.2 Å². The summed E-state index contributed by atoms with van der Waals surface area (Å²) in [5.41, 5.74) is 4.04. The van der Waals surface area contributed by atoms with Crippen LogP contribution in [0.15, 0.2) is 66.7 Å². The van der Waals surface area contributed by atoms with Crippen LogP contribution in [0.1, 0.15) is 29.8 Å². The van der Waals surface area contributed by atoms with Crippen molar-refractivity contribution in [1.29, 1.82) is 0 Å². The largest absolute Gasteiger partial charge is 0.508 e. The molecule has 1 aliphatic rings. The number of rotatable bonds is 7. The molecule has 0 saturated carbocycles. The molecule has 4 aromatic rings. The molecule has 0 bridgehead atoms. The first-order chi connectivity index (χ1) is 16.5. The number of aromatic hydroxyl groups is 2. The molecule has 1 aromatic heterocycles. The number of piperidine rings is 1. The minimum absolute atomic E-state index is 0. The first-order valence-electron chi connectivity index (χ1n) is 12.0. The lowest BCUT2D eigenvalue weighted by molar-refractivity contribution is 0.184. The Labute approximate surface area is 204 Å². The van der Waals surface area contributed by atoms with Crippen molar-refractivity contribution in [3.63, 3.8) is 0 Å². The minimum Gasteiger partial charge on any atom is -0.508 e. The van der Waals surface area contributed by atoms with Crippen LogP contribution in [-0.2, 0) is 19.4 Å². The van der Waals surface area contributed by atoms with E-state index in [4.69, 9.17) is 4.98 Å². The van der Waals surface area contributed by atoms with Gasteiger partial charge in [0.15, 0.2) is 0 Å². The Hall–Kier alpha value is -3.42. The van der Waals surface area contributed by atoms with Crippen LogP contribution in [-0.4, -0.2) is 49.8 Å². The zero-order valence-corrected chi connectivity index (χ0v) is 19.7. The predicted octanol–water partition coefficient (Wildman–Crippen LogP) is 4.31. The molecule has 6 nitrogen and oxygen atoms in total. The van der Waals surface area contributed by atoms with Crippen LogP contribution in [0, 0.1) is 11.7 Å². The van der Waals surface area contributed by atoms with Crippen molar-refractivity contribution in [3.8, 4) is 11.5 Å². The summed E-state index contributed by atoms with van der Waals surface area (Å²) in [6.07, 6.45) is 4.13. The van der Waals surface area contributed by atoms with Gasteiger partial charge < -0.3 is 25.2 Å². The van der Waals surface area contributed by atoms with E-state index in [1.165, 1.54) is 17.7 Å². The topological polar surface area (TPSA) is 93.0 Å². The molecule has 3 aromatic carbocycles. The van der Waals surface area contributed by atoms with Crippen LogP contribution in [0.2, 0.25) is 0 Å². The first-order valence-corrected chi connectivity index (χ1v) is 12.0. The monoisotopic (exact) mass is 477 g/mol. The molecule has 0 spiro atoms. The zero-order valence-electron chi connectivity index (χ0n) is 19.7. The summed E-state index contributed by atoms with van der Waals surface area (Å²) in [5.74, 6) is 1.87. The smallest absolute Gasteiger partial charge is 0.123 e. The van der Waals surface area contributed by atoms with Crippen LogP contribution in [0.5, 0.6) is 11.5 Å². The van der Waals surface area contributed by atoms with Gasteiger partial charge in [-0.3, -0.25) is 0 Å².